The molecule has 0 unspecified atom stereocenters. The van der Waals surface area contributed by atoms with E-state index in [4.69, 9.17) is 14.6 Å². The molecule has 1 N–H and O–H groups in total. The highest BCUT2D eigenvalue weighted by molar-refractivity contribution is 5.97. The van der Waals surface area contributed by atoms with Gasteiger partial charge in [0.15, 0.2) is 17.3 Å². The SMILES string of the molecule is O=C(CO)c1ccc(CN(C(=O)N2CCCCC2)c2cccc(-c3ccc4c(c3)OCO4)c2)cc1. The lowest BCUT2D eigenvalue weighted by Gasteiger charge is -2.33. The van der Waals surface area contributed by atoms with Crippen LogP contribution in [0.3, 0.4) is 0 Å². The van der Waals surface area contributed by atoms with Crippen LogP contribution in [0, 0.1) is 0 Å². The quantitative estimate of drug-likeness (QED) is 0.518. The molecule has 0 bridgehead atoms. The molecule has 2 heterocycles. The predicted octanol–water partition coefficient (Wildman–Crippen LogP) is 4.87. The van der Waals surface area contributed by atoms with Crippen LogP contribution in [0.1, 0.15) is 35.2 Å². The zero-order valence-electron chi connectivity index (χ0n) is 19.5. The molecular formula is C28H28N2O5. The number of urea groups is 1. The Balaban J connectivity index is 1.46. The maximum Gasteiger partial charge on any atom is 0.324 e. The number of piperidine rings is 1. The van der Waals surface area contributed by atoms with Gasteiger partial charge in [-0.3, -0.25) is 9.69 Å². The molecule has 1 saturated heterocycles. The molecule has 2 aliphatic heterocycles. The van der Waals surface area contributed by atoms with Crippen LogP contribution in [0.25, 0.3) is 11.1 Å². The van der Waals surface area contributed by atoms with Crippen molar-refractivity contribution < 1.29 is 24.2 Å². The highest BCUT2D eigenvalue weighted by Crippen LogP contribution is 2.37. The normalized spacial score (nSPS) is 14.6. The van der Waals surface area contributed by atoms with E-state index in [1.165, 1.54) is 0 Å². The third-order valence-corrected chi connectivity index (χ3v) is 6.48. The second-order valence-corrected chi connectivity index (χ2v) is 8.81. The summed E-state index contributed by atoms with van der Waals surface area (Å²) in [6, 6.07) is 20.8. The fourth-order valence-corrected chi connectivity index (χ4v) is 4.52. The standard InChI is InChI=1S/C28H28N2O5/c31-18-25(32)21-9-7-20(8-10-21)17-30(28(33)29-13-2-1-3-14-29)24-6-4-5-22(15-24)23-11-12-26-27(16-23)35-19-34-26/h4-12,15-16,31H,1-3,13-14,17-19H2. The lowest BCUT2D eigenvalue weighted by atomic mass is 10.0. The number of ether oxygens (including phenoxy) is 2. The van der Waals surface area contributed by atoms with Crippen molar-refractivity contribution in [3.05, 3.63) is 77.9 Å². The van der Waals surface area contributed by atoms with E-state index in [0.717, 1.165) is 60.5 Å². The highest BCUT2D eigenvalue weighted by Gasteiger charge is 2.25. The summed E-state index contributed by atoms with van der Waals surface area (Å²) in [5.41, 5.74) is 4.11. The second-order valence-electron chi connectivity index (χ2n) is 8.81. The lowest BCUT2D eigenvalue weighted by molar-refractivity contribution is 0.0903. The number of benzene rings is 3. The molecule has 3 aromatic rings. The monoisotopic (exact) mass is 472 g/mol. The van der Waals surface area contributed by atoms with Gasteiger partial charge in [0.25, 0.3) is 0 Å². The van der Waals surface area contributed by atoms with Gasteiger partial charge in [-0.25, -0.2) is 4.79 Å². The minimum atomic E-state index is -0.522. The number of nitrogens with zero attached hydrogens (tertiary/aromatic N) is 2. The number of aliphatic hydroxyl groups excluding tert-OH is 1. The van der Waals surface area contributed by atoms with Crippen molar-refractivity contribution in [3.63, 3.8) is 0 Å². The van der Waals surface area contributed by atoms with E-state index in [2.05, 4.69) is 0 Å². The maximum absolute atomic E-state index is 13.7. The Morgan fingerprint density at radius 1 is 0.857 bits per heavy atom. The van der Waals surface area contributed by atoms with Crippen molar-refractivity contribution in [1.29, 1.82) is 0 Å². The van der Waals surface area contributed by atoms with Gasteiger partial charge in [0, 0.05) is 24.3 Å². The molecule has 0 atom stereocenters. The molecule has 0 radical (unpaired) electrons. The Hall–Kier alpha value is -3.84. The largest absolute Gasteiger partial charge is 0.454 e. The maximum atomic E-state index is 13.7. The fraction of sp³-hybridized carbons (Fsp3) is 0.286. The van der Waals surface area contributed by atoms with E-state index < -0.39 is 6.61 Å². The van der Waals surface area contributed by atoms with Crippen LogP contribution in [0.15, 0.2) is 66.7 Å². The van der Waals surface area contributed by atoms with E-state index in [1.54, 1.807) is 17.0 Å². The Morgan fingerprint density at radius 3 is 2.37 bits per heavy atom. The molecule has 7 nitrogen and oxygen atoms in total. The minimum absolute atomic E-state index is 0.0250. The van der Waals surface area contributed by atoms with Crippen molar-refractivity contribution in [3.8, 4) is 22.6 Å². The first-order valence-corrected chi connectivity index (χ1v) is 11.9. The van der Waals surface area contributed by atoms with E-state index >= 15 is 0 Å². The van der Waals surface area contributed by atoms with Crippen LogP contribution in [0.2, 0.25) is 0 Å². The number of carbonyl (C=O) groups excluding carboxylic acids is 2. The molecule has 35 heavy (non-hydrogen) atoms. The van der Waals surface area contributed by atoms with Crippen LogP contribution >= 0.6 is 0 Å². The fourth-order valence-electron chi connectivity index (χ4n) is 4.52. The molecular weight excluding hydrogens is 444 g/mol. The van der Waals surface area contributed by atoms with Crippen LogP contribution in [-0.4, -0.2) is 48.3 Å². The molecule has 7 heteroatoms. The Bertz CT molecular complexity index is 1220. The molecule has 5 rings (SSSR count). The van der Waals surface area contributed by atoms with E-state index in [-0.39, 0.29) is 18.6 Å². The van der Waals surface area contributed by atoms with Gasteiger partial charge in [-0.1, -0.05) is 42.5 Å². The highest BCUT2D eigenvalue weighted by atomic mass is 16.7. The topological polar surface area (TPSA) is 79.3 Å². The lowest BCUT2D eigenvalue weighted by Crippen LogP contribution is -2.45. The van der Waals surface area contributed by atoms with Crippen molar-refractivity contribution in [2.24, 2.45) is 0 Å². The molecule has 2 aliphatic rings. The first kappa shape index (κ1) is 22.9. The first-order valence-electron chi connectivity index (χ1n) is 11.9. The van der Waals surface area contributed by atoms with Gasteiger partial charge in [0.05, 0.1) is 6.54 Å². The number of Topliss-reactive ketones (excluding diaryl/α,β-unsaturated/α-hetero) is 1. The second kappa shape index (κ2) is 10.2. The number of hydrogen-bond donors (Lipinski definition) is 1. The number of anilines is 1. The third kappa shape index (κ3) is 5.00. The van der Waals surface area contributed by atoms with Gasteiger partial charge in [-0.15, -0.1) is 0 Å². The molecule has 180 valence electrons. The van der Waals surface area contributed by atoms with Gasteiger partial charge in [-0.2, -0.15) is 0 Å². The summed E-state index contributed by atoms with van der Waals surface area (Å²) in [4.78, 5) is 29.2. The molecule has 1 fully saturated rings. The number of ketones is 1. The van der Waals surface area contributed by atoms with Crippen molar-refractivity contribution in [2.75, 3.05) is 31.4 Å². The molecule has 0 aromatic heterocycles. The molecule has 0 spiro atoms. The summed E-state index contributed by atoms with van der Waals surface area (Å²) in [7, 11) is 0. The summed E-state index contributed by atoms with van der Waals surface area (Å²) < 4.78 is 11.0. The zero-order valence-corrected chi connectivity index (χ0v) is 19.5. The zero-order chi connectivity index (χ0) is 24.2. The van der Waals surface area contributed by atoms with Gasteiger partial charge < -0.3 is 19.5 Å². The van der Waals surface area contributed by atoms with Crippen LogP contribution < -0.4 is 14.4 Å². The smallest absolute Gasteiger partial charge is 0.324 e. The van der Waals surface area contributed by atoms with Crippen LogP contribution in [0.5, 0.6) is 11.5 Å². The molecule has 0 aliphatic carbocycles. The number of rotatable bonds is 6. The summed E-state index contributed by atoms with van der Waals surface area (Å²) in [5, 5.41) is 9.12. The molecule has 0 saturated carbocycles. The number of hydrogen-bond acceptors (Lipinski definition) is 5. The number of aliphatic hydroxyl groups is 1. The van der Waals surface area contributed by atoms with Gasteiger partial charge in [-0.05, 0) is 60.2 Å². The van der Waals surface area contributed by atoms with E-state index in [0.29, 0.717) is 17.9 Å². The molecule has 3 aromatic carbocycles. The summed E-state index contributed by atoms with van der Waals surface area (Å²) in [5.74, 6) is 1.12. The Kier molecular flexibility index (Phi) is 6.68. The number of amides is 2. The number of fused-ring (bicyclic) bond motifs is 1. The first-order chi connectivity index (χ1) is 17.1. The van der Waals surface area contributed by atoms with Gasteiger partial charge >= 0.3 is 6.03 Å². The van der Waals surface area contributed by atoms with Crippen molar-refractivity contribution >= 4 is 17.5 Å². The minimum Gasteiger partial charge on any atom is -0.454 e. The van der Waals surface area contributed by atoms with Crippen molar-refractivity contribution in [2.45, 2.75) is 25.8 Å². The average molecular weight is 473 g/mol. The van der Waals surface area contributed by atoms with Crippen molar-refractivity contribution in [1.82, 2.24) is 4.90 Å². The average Bonchev–Trinajstić information content (AvgIpc) is 3.40. The molecule has 2 amide bonds. The predicted molar refractivity (Wildman–Crippen MR) is 133 cm³/mol. The summed E-state index contributed by atoms with van der Waals surface area (Å²) in [6.07, 6.45) is 3.16. The van der Waals surface area contributed by atoms with Crippen LogP contribution in [-0.2, 0) is 6.54 Å². The number of likely N-dealkylation sites (tertiary alicyclic amines) is 1. The number of carbonyl (C=O) groups is 2. The van der Waals surface area contributed by atoms with E-state index in [9.17, 15) is 9.59 Å². The van der Waals surface area contributed by atoms with Gasteiger partial charge in [0.2, 0.25) is 6.79 Å². The van der Waals surface area contributed by atoms with Gasteiger partial charge in [0.1, 0.15) is 6.61 Å². The summed E-state index contributed by atoms with van der Waals surface area (Å²) >= 11 is 0. The Morgan fingerprint density at radius 2 is 1.60 bits per heavy atom. The van der Waals surface area contributed by atoms with Crippen LogP contribution in [0.4, 0.5) is 10.5 Å². The Labute approximate surface area is 204 Å². The van der Waals surface area contributed by atoms with E-state index in [1.807, 2.05) is 59.5 Å². The summed E-state index contributed by atoms with van der Waals surface area (Å²) in [6.45, 7) is 1.57. The third-order valence-electron chi connectivity index (χ3n) is 6.48.